The lowest BCUT2D eigenvalue weighted by atomic mass is 9.75. The molecule has 0 aromatic heterocycles. The Balaban J connectivity index is 1.96. The van der Waals surface area contributed by atoms with Gasteiger partial charge in [0.1, 0.15) is 0 Å². The van der Waals surface area contributed by atoms with E-state index in [1.54, 1.807) is 0 Å². The first-order valence-electron chi connectivity index (χ1n) is 9.06. The molecule has 0 heterocycles. The Morgan fingerprint density at radius 3 is 2.05 bits per heavy atom. The summed E-state index contributed by atoms with van der Waals surface area (Å²) in [6, 6.07) is 0.391. The van der Waals surface area contributed by atoms with E-state index in [-0.39, 0.29) is 5.41 Å². The van der Waals surface area contributed by atoms with Crippen molar-refractivity contribution in [1.82, 2.24) is 4.90 Å². The summed E-state index contributed by atoms with van der Waals surface area (Å²) < 4.78 is 0. The average Bonchev–Trinajstić information content (AvgIpc) is 2.49. The summed E-state index contributed by atoms with van der Waals surface area (Å²) in [7, 11) is 0. The molecule has 122 valence electrons. The SMILES string of the molecule is CC(C)(CC1CCCCC1)C(=O)N(CN)C1CCCCC1. The van der Waals surface area contributed by atoms with Gasteiger partial charge in [-0.3, -0.25) is 4.79 Å². The molecule has 0 aromatic rings. The zero-order valence-electron chi connectivity index (χ0n) is 14.1. The van der Waals surface area contributed by atoms with Gasteiger partial charge < -0.3 is 10.6 Å². The van der Waals surface area contributed by atoms with Crippen molar-refractivity contribution < 1.29 is 4.79 Å². The molecule has 2 rings (SSSR count). The van der Waals surface area contributed by atoms with E-state index in [4.69, 9.17) is 5.73 Å². The standard InChI is InChI=1S/C18H34N2O/c1-18(2,13-15-9-5-3-6-10-15)17(21)20(14-19)16-11-7-4-8-12-16/h15-16H,3-14,19H2,1-2H3. The van der Waals surface area contributed by atoms with E-state index in [0.717, 1.165) is 25.2 Å². The van der Waals surface area contributed by atoms with E-state index in [1.807, 2.05) is 4.90 Å². The van der Waals surface area contributed by atoms with Gasteiger partial charge in [-0.1, -0.05) is 65.2 Å². The molecule has 0 radical (unpaired) electrons. The fraction of sp³-hybridized carbons (Fsp3) is 0.944. The van der Waals surface area contributed by atoms with Crippen molar-refractivity contribution in [1.29, 1.82) is 0 Å². The van der Waals surface area contributed by atoms with Crippen molar-refractivity contribution >= 4 is 5.91 Å². The topological polar surface area (TPSA) is 46.3 Å². The van der Waals surface area contributed by atoms with Gasteiger partial charge in [-0.25, -0.2) is 0 Å². The number of hydrogen-bond donors (Lipinski definition) is 1. The third kappa shape index (κ3) is 4.45. The first-order valence-corrected chi connectivity index (χ1v) is 9.06. The fourth-order valence-electron chi connectivity index (χ4n) is 4.38. The number of nitrogens with zero attached hydrogens (tertiary/aromatic N) is 1. The van der Waals surface area contributed by atoms with E-state index in [1.165, 1.54) is 51.4 Å². The van der Waals surface area contributed by atoms with Gasteiger partial charge in [0.05, 0.1) is 6.67 Å². The Morgan fingerprint density at radius 2 is 1.52 bits per heavy atom. The lowest BCUT2D eigenvalue weighted by Gasteiger charge is -2.40. The Bertz CT molecular complexity index is 328. The second kappa shape index (κ2) is 7.62. The Kier molecular flexibility index (Phi) is 6.09. The van der Waals surface area contributed by atoms with Gasteiger partial charge in [0.2, 0.25) is 5.91 Å². The van der Waals surface area contributed by atoms with Crippen LogP contribution in [0.25, 0.3) is 0 Å². The molecule has 0 aromatic carbocycles. The number of amides is 1. The zero-order chi connectivity index (χ0) is 15.3. The van der Waals surface area contributed by atoms with Gasteiger partial charge in [-0.2, -0.15) is 0 Å². The lowest BCUT2D eigenvalue weighted by molar-refractivity contribution is -0.144. The summed E-state index contributed by atoms with van der Waals surface area (Å²) >= 11 is 0. The summed E-state index contributed by atoms with van der Waals surface area (Å²) in [6.45, 7) is 4.66. The Labute approximate surface area is 130 Å². The van der Waals surface area contributed by atoms with Gasteiger partial charge >= 0.3 is 0 Å². The summed E-state index contributed by atoms with van der Waals surface area (Å²) in [5.41, 5.74) is 5.69. The highest BCUT2D eigenvalue weighted by molar-refractivity contribution is 5.82. The molecule has 0 saturated heterocycles. The first kappa shape index (κ1) is 16.8. The largest absolute Gasteiger partial charge is 0.327 e. The van der Waals surface area contributed by atoms with Crippen LogP contribution in [0.3, 0.4) is 0 Å². The van der Waals surface area contributed by atoms with Crippen LogP contribution in [0.5, 0.6) is 0 Å². The predicted molar refractivity (Wildman–Crippen MR) is 87.7 cm³/mol. The number of carbonyl (C=O) groups is 1. The van der Waals surface area contributed by atoms with Crippen LogP contribution in [0.1, 0.15) is 84.5 Å². The molecule has 1 amide bonds. The minimum atomic E-state index is -0.251. The van der Waals surface area contributed by atoms with Gasteiger partial charge in [0.25, 0.3) is 0 Å². The van der Waals surface area contributed by atoms with Crippen molar-refractivity contribution in [3.8, 4) is 0 Å². The molecule has 3 heteroatoms. The van der Waals surface area contributed by atoms with Crippen molar-refractivity contribution in [3.63, 3.8) is 0 Å². The van der Waals surface area contributed by atoms with Crippen molar-refractivity contribution in [3.05, 3.63) is 0 Å². The van der Waals surface area contributed by atoms with Gasteiger partial charge in [0, 0.05) is 11.5 Å². The number of rotatable bonds is 5. The van der Waals surface area contributed by atoms with E-state index in [0.29, 0.717) is 18.6 Å². The van der Waals surface area contributed by atoms with Crippen LogP contribution in [0.2, 0.25) is 0 Å². The molecule has 0 aliphatic heterocycles. The van der Waals surface area contributed by atoms with Crippen LogP contribution < -0.4 is 5.73 Å². The maximum Gasteiger partial charge on any atom is 0.229 e. The van der Waals surface area contributed by atoms with Crippen LogP contribution in [0, 0.1) is 11.3 Å². The normalized spacial score (nSPS) is 22.2. The van der Waals surface area contributed by atoms with E-state index in [9.17, 15) is 4.79 Å². The summed E-state index contributed by atoms with van der Waals surface area (Å²) in [5, 5.41) is 0. The number of nitrogens with two attached hydrogens (primary N) is 1. The summed E-state index contributed by atoms with van der Waals surface area (Å²) in [6.07, 6.45) is 13.8. The molecular formula is C18H34N2O. The van der Waals surface area contributed by atoms with Gasteiger partial charge in [-0.15, -0.1) is 0 Å². The van der Waals surface area contributed by atoms with Crippen LogP contribution in [0.15, 0.2) is 0 Å². The number of hydrogen-bond acceptors (Lipinski definition) is 2. The monoisotopic (exact) mass is 294 g/mol. The molecule has 2 N–H and O–H groups in total. The predicted octanol–water partition coefficient (Wildman–Crippen LogP) is 4.06. The molecule has 2 saturated carbocycles. The van der Waals surface area contributed by atoms with Crippen LogP contribution >= 0.6 is 0 Å². The summed E-state index contributed by atoms with van der Waals surface area (Å²) in [4.78, 5) is 15.0. The minimum Gasteiger partial charge on any atom is -0.327 e. The maximum atomic E-state index is 13.0. The van der Waals surface area contributed by atoms with Crippen LogP contribution in [0.4, 0.5) is 0 Å². The third-order valence-corrected chi connectivity index (χ3v) is 5.58. The second-order valence-electron chi connectivity index (χ2n) is 7.84. The molecule has 0 spiro atoms. The minimum absolute atomic E-state index is 0.251. The van der Waals surface area contributed by atoms with Crippen molar-refractivity contribution in [2.75, 3.05) is 6.67 Å². The molecule has 21 heavy (non-hydrogen) atoms. The van der Waals surface area contributed by atoms with E-state index in [2.05, 4.69) is 13.8 Å². The van der Waals surface area contributed by atoms with Crippen molar-refractivity contribution in [2.24, 2.45) is 17.1 Å². The molecule has 3 nitrogen and oxygen atoms in total. The lowest BCUT2D eigenvalue weighted by Crippen LogP contribution is -2.50. The highest BCUT2D eigenvalue weighted by Gasteiger charge is 2.37. The molecule has 0 bridgehead atoms. The van der Waals surface area contributed by atoms with E-state index < -0.39 is 0 Å². The smallest absolute Gasteiger partial charge is 0.229 e. The maximum absolute atomic E-state index is 13.0. The van der Waals surface area contributed by atoms with Gasteiger partial charge in [-0.05, 0) is 25.2 Å². The average molecular weight is 294 g/mol. The number of carbonyl (C=O) groups excluding carboxylic acids is 1. The Hall–Kier alpha value is -0.570. The first-order chi connectivity index (χ1) is 10.0. The zero-order valence-corrected chi connectivity index (χ0v) is 14.1. The van der Waals surface area contributed by atoms with Crippen LogP contribution in [-0.2, 0) is 4.79 Å². The molecule has 0 atom stereocenters. The van der Waals surface area contributed by atoms with Crippen LogP contribution in [-0.4, -0.2) is 23.5 Å². The van der Waals surface area contributed by atoms with Gasteiger partial charge in [0.15, 0.2) is 0 Å². The molecule has 2 fully saturated rings. The quantitative estimate of drug-likeness (QED) is 0.777. The Morgan fingerprint density at radius 1 is 1.00 bits per heavy atom. The highest BCUT2D eigenvalue weighted by Crippen LogP contribution is 2.36. The highest BCUT2D eigenvalue weighted by atomic mass is 16.2. The molecular weight excluding hydrogens is 260 g/mol. The molecule has 0 unspecified atom stereocenters. The second-order valence-corrected chi connectivity index (χ2v) is 7.84. The van der Waals surface area contributed by atoms with E-state index >= 15 is 0 Å². The fourth-order valence-corrected chi connectivity index (χ4v) is 4.38. The molecule has 2 aliphatic rings. The summed E-state index contributed by atoms with van der Waals surface area (Å²) in [5.74, 6) is 1.03. The molecule has 2 aliphatic carbocycles. The third-order valence-electron chi connectivity index (χ3n) is 5.58. The van der Waals surface area contributed by atoms with Crippen molar-refractivity contribution in [2.45, 2.75) is 90.5 Å².